The van der Waals surface area contributed by atoms with E-state index < -0.39 is 5.91 Å². The molecule has 0 fully saturated rings. The first-order valence-corrected chi connectivity index (χ1v) is 11.6. The minimum Gasteiger partial charge on any atom is -0.493 e. The molecule has 0 aromatic heterocycles. The summed E-state index contributed by atoms with van der Waals surface area (Å²) in [5.41, 5.74) is 2.24. The largest absolute Gasteiger partial charge is 0.493 e. The fraction of sp³-hybridized carbons (Fsp3) is 0.160. The van der Waals surface area contributed by atoms with Crippen LogP contribution in [0.25, 0.3) is 0 Å². The molecule has 0 spiro atoms. The number of benzene rings is 3. The van der Waals surface area contributed by atoms with Crippen molar-refractivity contribution in [1.29, 1.82) is 0 Å². The molecule has 0 aliphatic carbocycles. The number of thiocarbonyl (C=S) groups is 1. The predicted molar refractivity (Wildman–Crippen MR) is 138 cm³/mol. The lowest BCUT2D eigenvalue weighted by atomic mass is 10.1. The lowest BCUT2D eigenvalue weighted by Gasteiger charge is -2.17. The molecule has 0 heterocycles. The molecule has 0 aliphatic heterocycles. The maximum atomic E-state index is 12.9. The molecule has 33 heavy (non-hydrogen) atoms. The number of para-hydroxylation sites is 1. The molecule has 0 saturated heterocycles. The summed E-state index contributed by atoms with van der Waals surface area (Å²) in [6, 6.07) is 21.7. The van der Waals surface area contributed by atoms with Gasteiger partial charge in [-0.2, -0.15) is 0 Å². The molecule has 1 atom stereocenters. The zero-order valence-corrected chi connectivity index (χ0v) is 20.6. The zero-order valence-electron chi connectivity index (χ0n) is 18.2. The molecule has 0 aliphatic rings. The Hall–Kier alpha value is -3.23. The van der Waals surface area contributed by atoms with Crippen LogP contribution < -0.4 is 20.7 Å². The maximum Gasteiger partial charge on any atom is 0.261 e. The normalized spacial score (nSPS) is 11.2. The second kappa shape index (κ2) is 11.6. The van der Waals surface area contributed by atoms with Crippen molar-refractivity contribution < 1.29 is 14.3 Å². The first-order chi connectivity index (χ1) is 15.9. The molecule has 2 amide bonds. The Morgan fingerprint density at radius 1 is 0.970 bits per heavy atom. The van der Waals surface area contributed by atoms with Crippen molar-refractivity contribution in [2.75, 3.05) is 11.9 Å². The Morgan fingerprint density at radius 2 is 1.67 bits per heavy atom. The standard InChI is InChI=1S/C25H24BrN3O3S/c1-3-32-22-14-13-18(26)15-20(22)24(31)29-25(33)28-21-12-8-7-11-19(21)23(30)27-16(2)17-9-5-4-6-10-17/h4-16H,3H2,1-2H3,(H,27,30)(H2,28,29,31,33). The van der Waals surface area contributed by atoms with Crippen LogP contribution in [0.4, 0.5) is 5.69 Å². The van der Waals surface area contributed by atoms with Crippen LogP contribution in [-0.4, -0.2) is 23.5 Å². The molecular weight excluding hydrogens is 502 g/mol. The molecule has 3 N–H and O–H groups in total. The number of halogens is 1. The average molecular weight is 526 g/mol. The number of anilines is 1. The van der Waals surface area contributed by atoms with Crippen LogP contribution in [0.1, 0.15) is 46.2 Å². The van der Waals surface area contributed by atoms with Crippen molar-refractivity contribution in [3.05, 3.63) is 94.0 Å². The highest BCUT2D eigenvalue weighted by atomic mass is 79.9. The first-order valence-electron chi connectivity index (χ1n) is 10.4. The Bertz CT molecular complexity index is 1150. The number of hydrogen-bond donors (Lipinski definition) is 3. The van der Waals surface area contributed by atoms with Gasteiger partial charge in [-0.1, -0.05) is 58.4 Å². The Labute approximate surface area is 206 Å². The number of ether oxygens (including phenoxy) is 1. The second-order valence-electron chi connectivity index (χ2n) is 7.13. The van der Waals surface area contributed by atoms with Gasteiger partial charge in [0.05, 0.1) is 29.5 Å². The van der Waals surface area contributed by atoms with Gasteiger partial charge in [0, 0.05) is 4.47 Å². The number of nitrogens with one attached hydrogen (secondary N) is 3. The van der Waals surface area contributed by atoms with Gasteiger partial charge in [-0.25, -0.2) is 0 Å². The minimum atomic E-state index is -0.420. The van der Waals surface area contributed by atoms with Crippen molar-refractivity contribution in [2.24, 2.45) is 0 Å². The van der Waals surface area contributed by atoms with Crippen LogP contribution in [0, 0.1) is 0 Å². The van der Waals surface area contributed by atoms with Crippen LogP contribution in [-0.2, 0) is 0 Å². The van der Waals surface area contributed by atoms with E-state index in [1.54, 1.807) is 42.5 Å². The van der Waals surface area contributed by atoms with Crippen molar-refractivity contribution >= 4 is 50.8 Å². The van der Waals surface area contributed by atoms with E-state index in [1.165, 1.54) is 0 Å². The fourth-order valence-corrected chi connectivity index (χ4v) is 3.74. The van der Waals surface area contributed by atoms with Gasteiger partial charge in [0.2, 0.25) is 0 Å². The smallest absolute Gasteiger partial charge is 0.261 e. The molecule has 0 bridgehead atoms. The van der Waals surface area contributed by atoms with Gasteiger partial charge in [0.1, 0.15) is 5.75 Å². The van der Waals surface area contributed by atoms with E-state index in [4.69, 9.17) is 17.0 Å². The molecule has 1 unspecified atom stereocenters. The van der Waals surface area contributed by atoms with Gasteiger partial charge < -0.3 is 15.4 Å². The highest BCUT2D eigenvalue weighted by Crippen LogP contribution is 2.23. The summed E-state index contributed by atoms with van der Waals surface area (Å²) in [5, 5.41) is 8.67. The third-order valence-corrected chi connectivity index (χ3v) is 5.48. The van der Waals surface area contributed by atoms with E-state index >= 15 is 0 Å². The van der Waals surface area contributed by atoms with Crippen LogP contribution in [0.3, 0.4) is 0 Å². The Kier molecular flexibility index (Phi) is 8.57. The monoisotopic (exact) mass is 525 g/mol. The number of rotatable bonds is 7. The quantitative estimate of drug-likeness (QED) is 0.356. The SMILES string of the molecule is CCOc1ccc(Br)cc1C(=O)NC(=S)Nc1ccccc1C(=O)NC(C)c1ccccc1. The van der Waals surface area contributed by atoms with Gasteiger partial charge in [-0.15, -0.1) is 0 Å². The summed E-state index contributed by atoms with van der Waals surface area (Å²) >= 11 is 8.71. The third kappa shape index (κ3) is 6.63. The van der Waals surface area contributed by atoms with Crippen LogP contribution in [0.15, 0.2) is 77.3 Å². The topological polar surface area (TPSA) is 79.5 Å². The van der Waals surface area contributed by atoms with E-state index in [1.807, 2.05) is 44.2 Å². The van der Waals surface area contributed by atoms with E-state index in [9.17, 15) is 9.59 Å². The van der Waals surface area contributed by atoms with Crippen molar-refractivity contribution in [3.63, 3.8) is 0 Å². The molecule has 3 aromatic carbocycles. The molecule has 0 radical (unpaired) electrons. The van der Waals surface area contributed by atoms with E-state index in [0.717, 1.165) is 10.0 Å². The van der Waals surface area contributed by atoms with Gasteiger partial charge in [-0.3, -0.25) is 14.9 Å². The number of carbonyl (C=O) groups excluding carboxylic acids is 2. The molecule has 170 valence electrons. The molecular formula is C25H24BrN3O3S. The Morgan fingerprint density at radius 3 is 2.39 bits per heavy atom. The maximum absolute atomic E-state index is 12.9. The number of hydrogen-bond acceptors (Lipinski definition) is 4. The molecule has 8 heteroatoms. The summed E-state index contributed by atoms with van der Waals surface area (Å²) in [4.78, 5) is 25.7. The zero-order chi connectivity index (χ0) is 23.8. The lowest BCUT2D eigenvalue weighted by molar-refractivity contribution is 0.0939. The minimum absolute atomic E-state index is 0.0683. The van der Waals surface area contributed by atoms with Gasteiger partial charge in [0.15, 0.2) is 5.11 Å². The summed E-state index contributed by atoms with van der Waals surface area (Å²) < 4.78 is 6.28. The summed E-state index contributed by atoms with van der Waals surface area (Å²) in [6.45, 7) is 4.19. The second-order valence-corrected chi connectivity index (χ2v) is 8.46. The van der Waals surface area contributed by atoms with Gasteiger partial charge in [-0.05, 0) is 62.0 Å². The highest BCUT2D eigenvalue weighted by Gasteiger charge is 2.18. The number of carbonyl (C=O) groups is 2. The van der Waals surface area contributed by atoms with Crippen LogP contribution in [0.2, 0.25) is 0 Å². The Balaban J connectivity index is 1.70. The van der Waals surface area contributed by atoms with E-state index in [0.29, 0.717) is 29.2 Å². The van der Waals surface area contributed by atoms with Gasteiger partial charge in [0.25, 0.3) is 11.8 Å². The average Bonchev–Trinajstić information content (AvgIpc) is 2.81. The predicted octanol–water partition coefficient (Wildman–Crippen LogP) is 5.47. The van der Waals surface area contributed by atoms with Crippen molar-refractivity contribution in [1.82, 2.24) is 10.6 Å². The highest BCUT2D eigenvalue weighted by molar-refractivity contribution is 9.10. The molecule has 3 rings (SSSR count). The molecule has 6 nitrogen and oxygen atoms in total. The van der Waals surface area contributed by atoms with Crippen LogP contribution >= 0.6 is 28.1 Å². The number of amides is 2. The summed E-state index contributed by atoms with van der Waals surface area (Å²) in [6.07, 6.45) is 0. The summed E-state index contributed by atoms with van der Waals surface area (Å²) in [7, 11) is 0. The molecule has 3 aromatic rings. The van der Waals surface area contributed by atoms with Crippen molar-refractivity contribution in [2.45, 2.75) is 19.9 Å². The van der Waals surface area contributed by atoms with Crippen molar-refractivity contribution in [3.8, 4) is 5.75 Å². The third-order valence-electron chi connectivity index (χ3n) is 4.78. The fourth-order valence-electron chi connectivity index (χ4n) is 3.17. The first kappa shape index (κ1) is 24.4. The van der Waals surface area contributed by atoms with E-state index in [-0.39, 0.29) is 17.1 Å². The summed E-state index contributed by atoms with van der Waals surface area (Å²) in [5.74, 6) is -0.221. The van der Waals surface area contributed by atoms with E-state index in [2.05, 4.69) is 31.9 Å². The lowest BCUT2D eigenvalue weighted by Crippen LogP contribution is -2.35. The van der Waals surface area contributed by atoms with Gasteiger partial charge >= 0.3 is 0 Å². The van der Waals surface area contributed by atoms with Crippen LogP contribution in [0.5, 0.6) is 5.75 Å². The molecule has 0 saturated carbocycles.